The summed E-state index contributed by atoms with van der Waals surface area (Å²) < 4.78 is 31.8. The van der Waals surface area contributed by atoms with Crippen molar-refractivity contribution >= 4 is 21.4 Å². The van der Waals surface area contributed by atoms with Crippen molar-refractivity contribution in [3.8, 4) is 0 Å². The number of ether oxygens (including phenoxy) is 1. The molecule has 1 saturated carbocycles. The Hall–Kier alpha value is -1.40. The van der Waals surface area contributed by atoms with Crippen LogP contribution < -0.4 is 5.73 Å². The van der Waals surface area contributed by atoms with E-state index >= 15 is 0 Å². The highest BCUT2D eigenvalue weighted by Crippen LogP contribution is 2.55. The molecule has 3 rings (SSSR count). The third kappa shape index (κ3) is 3.34. The molecule has 0 saturated heterocycles. The predicted octanol–water partition coefficient (Wildman–Crippen LogP) is 3.32. The van der Waals surface area contributed by atoms with Gasteiger partial charge in [-0.1, -0.05) is 41.4 Å². The van der Waals surface area contributed by atoms with Crippen LogP contribution in [0.1, 0.15) is 24.0 Å². The largest absolute Gasteiger partial charge is 0.380 e. The maximum absolute atomic E-state index is 13.2. The van der Waals surface area contributed by atoms with Crippen LogP contribution in [0, 0.1) is 6.92 Å². The summed E-state index contributed by atoms with van der Waals surface area (Å²) in [5.74, 6) is -0.317. The molecule has 2 aromatic carbocycles. The van der Waals surface area contributed by atoms with Crippen LogP contribution in [0.15, 0.2) is 53.4 Å². The molecule has 0 heterocycles. The fourth-order valence-electron chi connectivity index (χ4n) is 3.37. The standard InChI is InChI=1S/C19H22ClNO3S/c1-3-24-12-19(21)17(14-6-8-15(20)9-7-14)18(19)25(22,23)16-10-4-13(2)5-11-16/h4-11,17-18H,3,12,21H2,1-2H3/t17-,18-,19-/m0/s1. The molecule has 4 nitrogen and oxygen atoms in total. The van der Waals surface area contributed by atoms with E-state index in [-0.39, 0.29) is 12.5 Å². The summed E-state index contributed by atoms with van der Waals surface area (Å²) in [6, 6.07) is 14.1. The fourth-order valence-corrected chi connectivity index (χ4v) is 5.79. The van der Waals surface area contributed by atoms with Gasteiger partial charge in [0.2, 0.25) is 0 Å². The second kappa shape index (κ2) is 6.72. The molecule has 134 valence electrons. The molecule has 0 bridgehead atoms. The molecule has 1 aliphatic rings. The molecule has 0 radical (unpaired) electrons. The Labute approximate surface area is 153 Å². The monoisotopic (exact) mass is 379 g/mol. The predicted molar refractivity (Wildman–Crippen MR) is 99.8 cm³/mol. The highest BCUT2D eigenvalue weighted by atomic mass is 35.5. The summed E-state index contributed by atoms with van der Waals surface area (Å²) in [5.41, 5.74) is 7.45. The molecular formula is C19H22ClNO3S. The fraction of sp³-hybridized carbons (Fsp3) is 0.368. The maximum atomic E-state index is 13.2. The van der Waals surface area contributed by atoms with Crippen LogP contribution in [0.25, 0.3) is 0 Å². The first-order valence-corrected chi connectivity index (χ1v) is 10.2. The van der Waals surface area contributed by atoms with Gasteiger partial charge >= 0.3 is 0 Å². The molecule has 2 N–H and O–H groups in total. The smallest absolute Gasteiger partial charge is 0.183 e. The van der Waals surface area contributed by atoms with E-state index in [1.54, 1.807) is 36.4 Å². The zero-order chi connectivity index (χ0) is 18.2. The zero-order valence-corrected chi connectivity index (χ0v) is 15.8. The van der Waals surface area contributed by atoms with Crippen molar-refractivity contribution < 1.29 is 13.2 Å². The lowest BCUT2D eigenvalue weighted by Crippen LogP contribution is -2.36. The van der Waals surface area contributed by atoms with E-state index in [2.05, 4.69) is 0 Å². The lowest BCUT2D eigenvalue weighted by molar-refractivity contribution is 0.125. The van der Waals surface area contributed by atoms with E-state index in [0.29, 0.717) is 16.5 Å². The Morgan fingerprint density at radius 1 is 1.12 bits per heavy atom. The van der Waals surface area contributed by atoms with Gasteiger partial charge in [-0.25, -0.2) is 8.42 Å². The second-order valence-corrected chi connectivity index (χ2v) is 9.06. The molecule has 25 heavy (non-hydrogen) atoms. The molecule has 1 aliphatic carbocycles. The number of nitrogens with two attached hydrogens (primary N) is 1. The Morgan fingerprint density at radius 2 is 1.72 bits per heavy atom. The van der Waals surface area contributed by atoms with Crippen LogP contribution in [0.4, 0.5) is 0 Å². The van der Waals surface area contributed by atoms with Crippen molar-refractivity contribution in [2.24, 2.45) is 5.73 Å². The first kappa shape index (κ1) is 18.4. The number of hydrogen-bond acceptors (Lipinski definition) is 4. The van der Waals surface area contributed by atoms with Crippen molar-refractivity contribution in [1.29, 1.82) is 0 Å². The summed E-state index contributed by atoms with van der Waals surface area (Å²) in [6.07, 6.45) is 0. The van der Waals surface area contributed by atoms with Crippen molar-refractivity contribution in [2.45, 2.75) is 35.4 Å². The summed E-state index contributed by atoms with van der Waals surface area (Å²) in [6.45, 7) is 4.48. The van der Waals surface area contributed by atoms with E-state index in [9.17, 15) is 8.42 Å². The molecule has 0 unspecified atom stereocenters. The van der Waals surface area contributed by atoms with Gasteiger partial charge in [-0.05, 0) is 43.7 Å². The average molecular weight is 380 g/mol. The van der Waals surface area contributed by atoms with Crippen LogP contribution in [-0.4, -0.2) is 32.4 Å². The van der Waals surface area contributed by atoms with E-state index in [4.69, 9.17) is 22.1 Å². The summed E-state index contributed by atoms with van der Waals surface area (Å²) in [7, 11) is -3.57. The molecule has 0 amide bonds. The van der Waals surface area contributed by atoms with E-state index in [1.807, 2.05) is 26.0 Å². The molecule has 6 heteroatoms. The molecule has 2 aromatic rings. The highest BCUT2D eigenvalue weighted by molar-refractivity contribution is 7.92. The third-order valence-electron chi connectivity index (χ3n) is 4.77. The first-order valence-electron chi connectivity index (χ1n) is 8.23. The van der Waals surface area contributed by atoms with E-state index in [0.717, 1.165) is 11.1 Å². The van der Waals surface area contributed by atoms with Gasteiger partial charge in [0, 0.05) is 17.5 Å². The SMILES string of the molecule is CCOC[C@]1(N)[C@@H](c2ccc(Cl)cc2)[C@@H]1S(=O)(=O)c1ccc(C)cc1. The number of halogens is 1. The van der Waals surface area contributed by atoms with Crippen LogP contribution in [-0.2, 0) is 14.6 Å². The van der Waals surface area contributed by atoms with Crippen molar-refractivity contribution in [2.75, 3.05) is 13.2 Å². The molecular weight excluding hydrogens is 358 g/mol. The van der Waals surface area contributed by atoms with Gasteiger partial charge in [0.1, 0.15) is 0 Å². The quantitative estimate of drug-likeness (QED) is 0.835. The average Bonchev–Trinajstić information content (AvgIpc) is 3.21. The van der Waals surface area contributed by atoms with Gasteiger partial charge in [0.15, 0.2) is 9.84 Å². The lowest BCUT2D eigenvalue weighted by atomic mass is 10.1. The lowest BCUT2D eigenvalue weighted by Gasteiger charge is -2.12. The summed E-state index contributed by atoms with van der Waals surface area (Å²) in [5, 5.41) is -0.106. The normalized spacial score (nSPS) is 25.8. The van der Waals surface area contributed by atoms with Gasteiger partial charge in [-0.15, -0.1) is 0 Å². The minimum atomic E-state index is -3.57. The van der Waals surface area contributed by atoms with Gasteiger partial charge in [-0.2, -0.15) is 0 Å². The Balaban J connectivity index is 1.99. The van der Waals surface area contributed by atoms with Gasteiger partial charge in [-0.3, -0.25) is 0 Å². The highest BCUT2D eigenvalue weighted by Gasteiger charge is 2.69. The molecule has 0 spiro atoms. The number of sulfone groups is 1. The van der Waals surface area contributed by atoms with Crippen LogP contribution in [0.2, 0.25) is 5.02 Å². The maximum Gasteiger partial charge on any atom is 0.183 e. The van der Waals surface area contributed by atoms with Gasteiger partial charge in [0.25, 0.3) is 0 Å². The van der Waals surface area contributed by atoms with Gasteiger partial charge < -0.3 is 10.5 Å². The number of hydrogen-bond donors (Lipinski definition) is 1. The summed E-state index contributed by atoms with van der Waals surface area (Å²) >= 11 is 5.95. The number of rotatable bonds is 6. The van der Waals surface area contributed by atoms with Crippen molar-refractivity contribution in [1.82, 2.24) is 0 Å². The molecule has 0 aromatic heterocycles. The third-order valence-corrected chi connectivity index (χ3v) is 7.33. The zero-order valence-electron chi connectivity index (χ0n) is 14.3. The minimum Gasteiger partial charge on any atom is -0.380 e. The minimum absolute atomic E-state index is 0.201. The van der Waals surface area contributed by atoms with Crippen LogP contribution in [0.5, 0.6) is 0 Å². The summed E-state index contributed by atoms with van der Waals surface area (Å²) in [4.78, 5) is 0.297. The van der Waals surface area contributed by atoms with Crippen molar-refractivity contribution in [3.05, 3.63) is 64.7 Å². The number of aryl methyl sites for hydroxylation is 1. The van der Waals surface area contributed by atoms with Gasteiger partial charge in [0.05, 0.1) is 22.3 Å². The molecule has 3 atom stereocenters. The van der Waals surface area contributed by atoms with E-state index < -0.39 is 20.6 Å². The van der Waals surface area contributed by atoms with Crippen LogP contribution >= 0.6 is 11.6 Å². The number of benzene rings is 2. The molecule has 0 aliphatic heterocycles. The van der Waals surface area contributed by atoms with Crippen molar-refractivity contribution in [3.63, 3.8) is 0 Å². The first-order chi connectivity index (χ1) is 11.8. The molecule has 1 fully saturated rings. The Bertz CT molecular complexity index is 849. The van der Waals surface area contributed by atoms with E-state index in [1.165, 1.54) is 0 Å². The topological polar surface area (TPSA) is 69.4 Å². The van der Waals surface area contributed by atoms with Crippen LogP contribution in [0.3, 0.4) is 0 Å². The Kier molecular flexibility index (Phi) is 4.95. The second-order valence-electron chi connectivity index (χ2n) is 6.56. The Morgan fingerprint density at radius 3 is 2.28 bits per heavy atom.